The molecule has 1 aromatic heterocycles. The third kappa shape index (κ3) is 1.03. The van der Waals surface area contributed by atoms with Crippen LogP contribution in [0, 0.1) is 6.92 Å². The van der Waals surface area contributed by atoms with E-state index in [2.05, 4.69) is 42.6 Å². The van der Waals surface area contributed by atoms with Gasteiger partial charge in [0.15, 0.2) is 0 Å². The van der Waals surface area contributed by atoms with Gasteiger partial charge in [-0.05, 0) is 18.7 Å². The zero-order chi connectivity index (χ0) is 8.55. The van der Waals surface area contributed by atoms with Crippen LogP contribution < -0.4 is 0 Å². The molecule has 0 atom stereocenters. The molecule has 0 aliphatic carbocycles. The second kappa shape index (κ2) is 2.87. The summed E-state index contributed by atoms with van der Waals surface area (Å²) in [7, 11) is 0. The van der Waals surface area contributed by atoms with Gasteiger partial charge in [-0.1, -0.05) is 18.2 Å². The molecule has 0 amide bonds. The minimum atomic E-state index is 1.27. The van der Waals surface area contributed by atoms with E-state index in [-0.39, 0.29) is 0 Å². The van der Waals surface area contributed by atoms with Crippen LogP contribution in [0.15, 0.2) is 29.3 Å². The average molecular weight is 177 g/mol. The molecule has 1 heterocycles. The van der Waals surface area contributed by atoms with Gasteiger partial charge >= 0.3 is 0 Å². The van der Waals surface area contributed by atoms with Gasteiger partial charge in [-0.3, -0.25) is 0 Å². The van der Waals surface area contributed by atoms with Crippen molar-refractivity contribution in [1.29, 1.82) is 0 Å². The van der Waals surface area contributed by atoms with Crippen molar-refractivity contribution in [3.8, 4) is 0 Å². The lowest BCUT2D eigenvalue weighted by molar-refractivity contribution is 1.39. The van der Waals surface area contributed by atoms with Gasteiger partial charge in [0.1, 0.15) is 0 Å². The van der Waals surface area contributed by atoms with Crippen LogP contribution in [0.25, 0.3) is 10.9 Å². The highest BCUT2D eigenvalue weighted by molar-refractivity contribution is 7.98. The van der Waals surface area contributed by atoms with E-state index in [4.69, 9.17) is 0 Å². The molecule has 62 valence electrons. The van der Waals surface area contributed by atoms with Crippen molar-refractivity contribution in [3.05, 3.63) is 30.0 Å². The molecule has 2 aromatic rings. The first-order valence-electron chi connectivity index (χ1n) is 3.93. The molecule has 0 bridgehead atoms. The molecule has 0 spiro atoms. The Labute approximate surface area is 76.2 Å². The topological polar surface area (TPSA) is 15.8 Å². The first kappa shape index (κ1) is 7.74. The number of rotatable bonds is 1. The van der Waals surface area contributed by atoms with Crippen molar-refractivity contribution in [2.24, 2.45) is 0 Å². The van der Waals surface area contributed by atoms with E-state index in [0.717, 1.165) is 0 Å². The number of thioether (sulfide) groups is 1. The van der Waals surface area contributed by atoms with Crippen molar-refractivity contribution in [1.82, 2.24) is 4.98 Å². The predicted molar refractivity (Wildman–Crippen MR) is 54.8 cm³/mol. The quantitative estimate of drug-likeness (QED) is 0.661. The number of aromatic nitrogens is 1. The van der Waals surface area contributed by atoms with Crippen molar-refractivity contribution < 1.29 is 0 Å². The van der Waals surface area contributed by atoms with Crippen LogP contribution in [0.2, 0.25) is 0 Å². The third-order valence-electron chi connectivity index (χ3n) is 2.11. The van der Waals surface area contributed by atoms with Crippen LogP contribution in [-0.2, 0) is 0 Å². The summed E-state index contributed by atoms with van der Waals surface area (Å²) in [6.07, 6.45) is 4.17. The molecule has 0 aliphatic heterocycles. The van der Waals surface area contributed by atoms with Crippen molar-refractivity contribution >= 4 is 22.7 Å². The van der Waals surface area contributed by atoms with Crippen LogP contribution in [0.3, 0.4) is 0 Å². The van der Waals surface area contributed by atoms with Crippen LogP contribution >= 0.6 is 11.8 Å². The number of aromatic amines is 1. The Morgan fingerprint density at radius 2 is 2.17 bits per heavy atom. The highest BCUT2D eigenvalue weighted by Crippen LogP contribution is 2.27. The van der Waals surface area contributed by atoms with E-state index in [9.17, 15) is 0 Å². The molecule has 2 rings (SSSR count). The minimum Gasteiger partial charge on any atom is -0.360 e. The average Bonchev–Trinajstić information content (AvgIpc) is 2.49. The fraction of sp³-hybridized carbons (Fsp3) is 0.200. The van der Waals surface area contributed by atoms with Gasteiger partial charge in [0, 0.05) is 22.0 Å². The van der Waals surface area contributed by atoms with Crippen molar-refractivity contribution in [2.75, 3.05) is 6.26 Å². The number of hydrogen-bond acceptors (Lipinski definition) is 1. The second-order valence-electron chi connectivity index (χ2n) is 2.85. The summed E-state index contributed by atoms with van der Waals surface area (Å²) < 4.78 is 0. The van der Waals surface area contributed by atoms with E-state index < -0.39 is 0 Å². The molecule has 0 fully saturated rings. The molecule has 0 radical (unpaired) electrons. The van der Waals surface area contributed by atoms with Gasteiger partial charge in [0.2, 0.25) is 0 Å². The summed E-state index contributed by atoms with van der Waals surface area (Å²) in [4.78, 5) is 4.61. The van der Waals surface area contributed by atoms with Crippen molar-refractivity contribution in [2.45, 2.75) is 11.8 Å². The van der Waals surface area contributed by atoms with Gasteiger partial charge in [-0.25, -0.2) is 0 Å². The van der Waals surface area contributed by atoms with Crippen LogP contribution in [0.5, 0.6) is 0 Å². The van der Waals surface area contributed by atoms with E-state index in [1.807, 2.05) is 0 Å². The zero-order valence-electron chi connectivity index (χ0n) is 7.22. The lowest BCUT2D eigenvalue weighted by atomic mass is 10.2. The summed E-state index contributed by atoms with van der Waals surface area (Å²) in [6, 6.07) is 6.39. The van der Waals surface area contributed by atoms with Crippen LogP contribution in [0.1, 0.15) is 5.56 Å². The molecule has 0 unspecified atom stereocenters. The molecule has 0 saturated heterocycles. The number of benzene rings is 1. The predicted octanol–water partition coefficient (Wildman–Crippen LogP) is 3.20. The number of aryl methyl sites for hydroxylation is 1. The third-order valence-corrected chi connectivity index (χ3v) is 2.88. The standard InChI is InChI=1S/C10H11NS/c1-7-4-3-5-8-9(12-2)6-11-10(7)8/h3-6,11H,1-2H3. The maximum absolute atomic E-state index is 3.29. The largest absolute Gasteiger partial charge is 0.360 e. The van der Waals surface area contributed by atoms with Gasteiger partial charge in [-0.2, -0.15) is 0 Å². The summed E-state index contributed by atoms with van der Waals surface area (Å²) in [5.74, 6) is 0. The summed E-state index contributed by atoms with van der Waals surface area (Å²) >= 11 is 1.78. The Balaban J connectivity index is 2.80. The Bertz CT molecular complexity index is 403. The highest BCUT2D eigenvalue weighted by atomic mass is 32.2. The van der Waals surface area contributed by atoms with Gasteiger partial charge < -0.3 is 4.98 Å². The molecule has 1 N–H and O–H groups in total. The van der Waals surface area contributed by atoms with E-state index in [1.54, 1.807) is 11.8 Å². The molecule has 12 heavy (non-hydrogen) atoms. The number of para-hydroxylation sites is 1. The fourth-order valence-electron chi connectivity index (χ4n) is 1.45. The molecule has 2 heteroatoms. The monoisotopic (exact) mass is 177 g/mol. The lowest BCUT2D eigenvalue weighted by Gasteiger charge is -1.95. The molecule has 1 nitrogen and oxygen atoms in total. The van der Waals surface area contributed by atoms with E-state index in [1.165, 1.54) is 21.4 Å². The maximum atomic E-state index is 3.29. The summed E-state index contributed by atoms with van der Waals surface area (Å²) in [5, 5.41) is 1.34. The first-order valence-corrected chi connectivity index (χ1v) is 5.16. The normalized spacial score (nSPS) is 10.8. The number of hydrogen-bond donors (Lipinski definition) is 1. The molecule has 1 aromatic carbocycles. The Morgan fingerprint density at radius 1 is 1.33 bits per heavy atom. The first-order chi connectivity index (χ1) is 5.83. The van der Waals surface area contributed by atoms with E-state index in [0.29, 0.717) is 0 Å². The Hall–Kier alpha value is -0.890. The van der Waals surface area contributed by atoms with Crippen molar-refractivity contribution in [3.63, 3.8) is 0 Å². The zero-order valence-corrected chi connectivity index (χ0v) is 8.03. The van der Waals surface area contributed by atoms with E-state index >= 15 is 0 Å². The molecular weight excluding hydrogens is 166 g/mol. The highest BCUT2D eigenvalue weighted by Gasteiger charge is 2.02. The Kier molecular flexibility index (Phi) is 1.85. The van der Waals surface area contributed by atoms with Gasteiger partial charge in [-0.15, -0.1) is 11.8 Å². The molecule has 0 saturated carbocycles. The lowest BCUT2D eigenvalue weighted by Crippen LogP contribution is -1.73. The van der Waals surface area contributed by atoms with Gasteiger partial charge in [0.25, 0.3) is 0 Å². The maximum Gasteiger partial charge on any atom is 0.0495 e. The summed E-state index contributed by atoms with van der Waals surface area (Å²) in [6.45, 7) is 2.13. The molecule has 0 aliphatic rings. The fourth-order valence-corrected chi connectivity index (χ4v) is 2.02. The second-order valence-corrected chi connectivity index (χ2v) is 3.70. The molecular formula is C10H11NS. The summed E-state index contributed by atoms with van der Waals surface area (Å²) in [5.41, 5.74) is 2.58. The van der Waals surface area contributed by atoms with Crippen LogP contribution in [-0.4, -0.2) is 11.2 Å². The number of H-pyrrole nitrogens is 1. The van der Waals surface area contributed by atoms with Crippen LogP contribution in [0.4, 0.5) is 0 Å². The number of fused-ring (bicyclic) bond motifs is 1. The smallest absolute Gasteiger partial charge is 0.0495 e. The minimum absolute atomic E-state index is 1.27. The Morgan fingerprint density at radius 3 is 2.92 bits per heavy atom. The number of nitrogens with one attached hydrogen (secondary N) is 1. The van der Waals surface area contributed by atoms with Gasteiger partial charge in [0.05, 0.1) is 0 Å². The SMILES string of the molecule is CSc1c[nH]c2c(C)cccc12.